The van der Waals surface area contributed by atoms with Crippen LogP contribution < -0.4 is 10.2 Å². The molecule has 0 aliphatic carbocycles. The third-order valence-corrected chi connectivity index (χ3v) is 5.84. The third kappa shape index (κ3) is 3.37. The summed E-state index contributed by atoms with van der Waals surface area (Å²) in [6.45, 7) is 7.26. The number of amides is 1. The Labute approximate surface area is 175 Å². The number of hydrogen-bond acceptors (Lipinski definition) is 5. The van der Waals surface area contributed by atoms with Gasteiger partial charge in [0.2, 0.25) is 5.76 Å². The molecule has 1 aliphatic rings. The van der Waals surface area contributed by atoms with Gasteiger partial charge >= 0.3 is 0 Å². The molecule has 3 aromatic rings. The fourth-order valence-corrected chi connectivity index (χ4v) is 4.13. The highest BCUT2D eigenvalue weighted by Crippen LogP contribution is 2.38. The van der Waals surface area contributed by atoms with Crippen LogP contribution in [0.25, 0.3) is 11.0 Å². The summed E-state index contributed by atoms with van der Waals surface area (Å²) in [6.07, 6.45) is 0. The average molecular weight is 406 g/mol. The predicted molar refractivity (Wildman–Crippen MR) is 116 cm³/mol. The van der Waals surface area contributed by atoms with E-state index in [1.54, 1.807) is 30.2 Å². The van der Waals surface area contributed by atoms with E-state index in [0.717, 1.165) is 25.2 Å². The van der Waals surface area contributed by atoms with Gasteiger partial charge in [0.1, 0.15) is 11.3 Å². The van der Waals surface area contributed by atoms with E-state index in [1.807, 2.05) is 30.3 Å². The SMILES string of the molecule is CCN(CC)CCN1C(=O)c2oc3cc(OC)ccc3c(=O)c2[C@H]1c1ccccc1. The first-order valence-corrected chi connectivity index (χ1v) is 10.3. The van der Waals surface area contributed by atoms with E-state index in [2.05, 4.69) is 18.7 Å². The van der Waals surface area contributed by atoms with Gasteiger partial charge < -0.3 is 19.0 Å². The Morgan fingerprint density at radius 2 is 1.80 bits per heavy atom. The van der Waals surface area contributed by atoms with Crippen LogP contribution in [0.2, 0.25) is 0 Å². The number of nitrogens with zero attached hydrogens (tertiary/aromatic N) is 2. The van der Waals surface area contributed by atoms with Crippen LogP contribution in [-0.4, -0.2) is 49.0 Å². The maximum Gasteiger partial charge on any atom is 0.290 e. The van der Waals surface area contributed by atoms with Crippen LogP contribution in [-0.2, 0) is 0 Å². The molecule has 0 bridgehead atoms. The topological polar surface area (TPSA) is 63.0 Å². The second-order valence-corrected chi connectivity index (χ2v) is 7.37. The molecule has 0 radical (unpaired) electrons. The van der Waals surface area contributed by atoms with E-state index >= 15 is 0 Å². The van der Waals surface area contributed by atoms with Gasteiger partial charge in [0.25, 0.3) is 5.91 Å². The molecule has 0 saturated heterocycles. The van der Waals surface area contributed by atoms with Gasteiger partial charge in [0.15, 0.2) is 5.43 Å². The predicted octanol–water partition coefficient (Wildman–Crippen LogP) is 3.69. The molecule has 0 N–H and O–H groups in total. The minimum atomic E-state index is -0.452. The third-order valence-electron chi connectivity index (χ3n) is 5.84. The van der Waals surface area contributed by atoms with Gasteiger partial charge in [-0.2, -0.15) is 0 Å². The van der Waals surface area contributed by atoms with Crippen LogP contribution >= 0.6 is 0 Å². The van der Waals surface area contributed by atoms with Crippen molar-refractivity contribution in [2.24, 2.45) is 0 Å². The van der Waals surface area contributed by atoms with Gasteiger partial charge in [0, 0.05) is 19.2 Å². The molecule has 0 saturated carbocycles. The summed E-state index contributed by atoms with van der Waals surface area (Å²) in [6, 6.07) is 14.3. The number of benzene rings is 2. The van der Waals surface area contributed by atoms with Gasteiger partial charge in [-0.1, -0.05) is 44.2 Å². The second kappa shape index (κ2) is 8.32. The van der Waals surface area contributed by atoms with Gasteiger partial charge in [-0.3, -0.25) is 9.59 Å². The summed E-state index contributed by atoms with van der Waals surface area (Å²) in [5, 5.41) is 0.453. The Balaban J connectivity index is 1.86. The molecule has 0 fully saturated rings. The molecule has 156 valence electrons. The van der Waals surface area contributed by atoms with Crippen molar-refractivity contribution in [1.82, 2.24) is 9.80 Å². The van der Waals surface area contributed by atoms with Crippen molar-refractivity contribution in [3.63, 3.8) is 0 Å². The maximum absolute atomic E-state index is 13.5. The van der Waals surface area contributed by atoms with Crippen molar-refractivity contribution < 1.29 is 13.9 Å². The maximum atomic E-state index is 13.5. The van der Waals surface area contributed by atoms with Gasteiger partial charge in [-0.25, -0.2) is 0 Å². The molecule has 2 heterocycles. The number of carbonyl (C=O) groups excluding carboxylic acids is 1. The van der Waals surface area contributed by atoms with E-state index < -0.39 is 6.04 Å². The first-order valence-electron chi connectivity index (χ1n) is 10.3. The normalized spacial score (nSPS) is 15.8. The summed E-state index contributed by atoms with van der Waals surface area (Å²) in [4.78, 5) is 30.8. The van der Waals surface area contributed by atoms with Crippen molar-refractivity contribution >= 4 is 16.9 Å². The number of ether oxygens (including phenoxy) is 1. The summed E-state index contributed by atoms with van der Waals surface area (Å²) >= 11 is 0. The van der Waals surface area contributed by atoms with Gasteiger partial charge in [-0.05, 0) is 30.8 Å². The lowest BCUT2D eigenvalue weighted by Gasteiger charge is -2.28. The van der Waals surface area contributed by atoms with E-state index in [9.17, 15) is 9.59 Å². The lowest BCUT2D eigenvalue weighted by atomic mass is 9.98. The molecular weight excluding hydrogens is 380 g/mol. The average Bonchev–Trinajstić information content (AvgIpc) is 3.06. The van der Waals surface area contributed by atoms with E-state index in [1.165, 1.54) is 0 Å². The number of fused-ring (bicyclic) bond motifs is 2. The van der Waals surface area contributed by atoms with Crippen molar-refractivity contribution in [1.29, 1.82) is 0 Å². The number of methoxy groups -OCH3 is 1. The molecule has 6 nitrogen and oxygen atoms in total. The molecule has 4 rings (SSSR count). The summed E-state index contributed by atoms with van der Waals surface area (Å²) < 4.78 is 11.2. The number of carbonyl (C=O) groups is 1. The molecule has 6 heteroatoms. The Hall–Kier alpha value is -3.12. The Bertz CT molecular complexity index is 1120. The summed E-state index contributed by atoms with van der Waals surface area (Å²) in [5.41, 5.74) is 1.53. The number of rotatable bonds is 7. The lowest BCUT2D eigenvalue weighted by Crippen LogP contribution is -2.37. The van der Waals surface area contributed by atoms with Gasteiger partial charge in [0.05, 0.1) is 24.1 Å². The monoisotopic (exact) mass is 406 g/mol. The zero-order valence-corrected chi connectivity index (χ0v) is 17.6. The number of likely N-dealkylation sites (N-methyl/N-ethyl adjacent to an activating group) is 1. The standard InChI is InChI=1S/C24H26N2O4/c1-4-25(5-2)13-14-26-21(16-9-7-6-8-10-16)20-22(27)18-12-11-17(29-3)15-19(18)30-23(20)24(26)28/h6-12,15,21H,4-5,13-14H2,1-3H3/t21-/m1/s1. The molecule has 1 atom stereocenters. The molecule has 0 unspecified atom stereocenters. The van der Waals surface area contributed by atoms with Gasteiger partial charge in [-0.15, -0.1) is 0 Å². The Morgan fingerprint density at radius 1 is 1.07 bits per heavy atom. The highest BCUT2D eigenvalue weighted by Gasteiger charge is 2.42. The second-order valence-electron chi connectivity index (χ2n) is 7.37. The van der Waals surface area contributed by atoms with Crippen molar-refractivity contribution in [3.8, 4) is 5.75 Å². The first kappa shape index (κ1) is 20.2. The van der Waals surface area contributed by atoms with E-state index in [0.29, 0.717) is 28.8 Å². The lowest BCUT2D eigenvalue weighted by molar-refractivity contribution is 0.0708. The van der Waals surface area contributed by atoms with Crippen LogP contribution in [0.5, 0.6) is 5.75 Å². The highest BCUT2D eigenvalue weighted by molar-refractivity contribution is 5.99. The van der Waals surface area contributed by atoms with E-state index in [-0.39, 0.29) is 17.1 Å². The molecule has 1 aliphatic heterocycles. The largest absolute Gasteiger partial charge is 0.497 e. The molecule has 2 aromatic carbocycles. The van der Waals surface area contributed by atoms with E-state index in [4.69, 9.17) is 9.15 Å². The molecule has 0 spiro atoms. The van der Waals surface area contributed by atoms with Crippen LogP contribution in [0.15, 0.2) is 57.7 Å². The zero-order chi connectivity index (χ0) is 21.3. The summed E-state index contributed by atoms with van der Waals surface area (Å²) in [7, 11) is 1.55. The molecule has 30 heavy (non-hydrogen) atoms. The van der Waals surface area contributed by atoms with Crippen molar-refractivity contribution in [2.45, 2.75) is 19.9 Å². The van der Waals surface area contributed by atoms with Crippen molar-refractivity contribution in [2.75, 3.05) is 33.3 Å². The number of hydrogen-bond donors (Lipinski definition) is 0. The van der Waals surface area contributed by atoms with Crippen LogP contribution in [0.1, 0.15) is 41.6 Å². The zero-order valence-electron chi connectivity index (χ0n) is 17.6. The van der Waals surface area contributed by atoms with Crippen LogP contribution in [0, 0.1) is 0 Å². The smallest absolute Gasteiger partial charge is 0.290 e. The first-order chi connectivity index (χ1) is 14.6. The van der Waals surface area contributed by atoms with Crippen LogP contribution in [0.3, 0.4) is 0 Å². The molecule has 1 amide bonds. The Kier molecular flexibility index (Phi) is 5.59. The van der Waals surface area contributed by atoms with Crippen LogP contribution in [0.4, 0.5) is 0 Å². The van der Waals surface area contributed by atoms with Crippen molar-refractivity contribution in [3.05, 3.63) is 75.6 Å². The fraction of sp³-hybridized carbons (Fsp3) is 0.333. The molecule has 1 aromatic heterocycles. The quantitative estimate of drug-likeness (QED) is 0.599. The minimum Gasteiger partial charge on any atom is -0.497 e. The Morgan fingerprint density at radius 3 is 2.47 bits per heavy atom. The highest BCUT2D eigenvalue weighted by atomic mass is 16.5. The summed E-state index contributed by atoms with van der Waals surface area (Å²) in [5.74, 6) is 0.469. The fourth-order valence-electron chi connectivity index (χ4n) is 4.13. The minimum absolute atomic E-state index is 0.133. The molecular formula is C24H26N2O4.